The molecule has 3 aromatic carbocycles. The Labute approximate surface area is 215 Å². The third kappa shape index (κ3) is 6.23. The molecular weight excluding hydrogens is 480 g/mol. The van der Waals surface area contributed by atoms with Crippen LogP contribution < -0.4 is 14.4 Å². The molecule has 0 saturated carbocycles. The number of nitrogens with zero attached hydrogens (tertiary/aromatic N) is 2. The molecule has 1 saturated heterocycles. The van der Waals surface area contributed by atoms with Gasteiger partial charge in [0.1, 0.15) is 18.1 Å². The van der Waals surface area contributed by atoms with E-state index in [1.54, 1.807) is 25.3 Å². The van der Waals surface area contributed by atoms with Gasteiger partial charge in [0.25, 0.3) is 5.69 Å². The van der Waals surface area contributed by atoms with Crippen LogP contribution in [0.25, 0.3) is 6.08 Å². The van der Waals surface area contributed by atoms with Crippen molar-refractivity contribution in [3.05, 3.63) is 98.6 Å². The molecule has 0 aromatic heterocycles. The number of nitro benzene ring substituents is 1. The van der Waals surface area contributed by atoms with E-state index in [1.165, 1.54) is 37.5 Å². The number of ether oxygens (including phenoxy) is 2. The third-order valence-electron chi connectivity index (χ3n) is 6.11. The number of benzene rings is 3. The maximum absolute atomic E-state index is 12.7. The van der Waals surface area contributed by atoms with Crippen molar-refractivity contribution in [1.82, 2.24) is 0 Å². The minimum atomic E-state index is -0.515. The maximum atomic E-state index is 12.7. The molecule has 7 nitrogen and oxygen atoms in total. The fraction of sp³-hybridized carbons (Fsp3) is 0.250. The van der Waals surface area contributed by atoms with Gasteiger partial charge in [-0.05, 0) is 73.4 Å². The van der Waals surface area contributed by atoms with Crippen molar-refractivity contribution in [2.45, 2.75) is 25.9 Å². The smallest absolute Gasteiger partial charge is 0.271 e. The van der Waals surface area contributed by atoms with Crippen molar-refractivity contribution >= 4 is 34.8 Å². The highest BCUT2D eigenvalue weighted by Crippen LogP contribution is 2.30. The molecule has 0 unspecified atom stereocenters. The van der Waals surface area contributed by atoms with Crippen LogP contribution in [0.15, 0.2) is 66.7 Å². The molecule has 0 radical (unpaired) electrons. The Morgan fingerprint density at radius 2 is 1.75 bits per heavy atom. The first-order valence-electron chi connectivity index (χ1n) is 11.8. The standard InChI is InChI=1S/C28H27ClN2O5/c1-35-27-13-6-20(17-22(27)19-36-28-14-11-24(31(33)34)18-25(28)29)5-12-26(32)21-7-9-23(10-8-21)30-15-3-2-4-16-30/h5-14,17-18H,2-4,15-16,19H2,1H3/b12-5+. The number of halogens is 1. The minimum absolute atomic E-state index is 0.0773. The highest BCUT2D eigenvalue weighted by molar-refractivity contribution is 6.32. The van der Waals surface area contributed by atoms with Gasteiger partial charge in [-0.15, -0.1) is 0 Å². The van der Waals surface area contributed by atoms with E-state index in [9.17, 15) is 14.9 Å². The lowest BCUT2D eigenvalue weighted by atomic mass is 10.1. The Balaban J connectivity index is 1.43. The van der Waals surface area contributed by atoms with Crippen LogP contribution in [0.5, 0.6) is 11.5 Å². The van der Waals surface area contributed by atoms with Gasteiger partial charge in [0.15, 0.2) is 5.78 Å². The molecule has 4 rings (SSSR count). The topological polar surface area (TPSA) is 81.9 Å². The van der Waals surface area contributed by atoms with Crippen LogP contribution in [-0.2, 0) is 6.61 Å². The summed E-state index contributed by atoms with van der Waals surface area (Å²) in [6.45, 7) is 2.26. The number of carbonyl (C=O) groups is 1. The molecule has 1 aliphatic heterocycles. The highest BCUT2D eigenvalue weighted by atomic mass is 35.5. The number of non-ortho nitro benzene ring substituents is 1. The van der Waals surface area contributed by atoms with Crippen LogP contribution in [0.2, 0.25) is 5.02 Å². The monoisotopic (exact) mass is 506 g/mol. The second-order valence-electron chi connectivity index (χ2n) is 8.52. The summed E-state index contributed by atoms with van der Waals surface area (Å²) in [5.41, 5.74) is 3.23. The maximum Gasteiger partial charge on any atom is 0.271 e. The Morgan fingerprint density at radius 1 is 1.03 bits per heavy atom. The molecule has 1 fully saturated rings. The summed E-state index contributed by atoms with van der Waals surface area (Å²) < 4.78 is 11.2. The quantitative estimate of drug-likeness (QED) is 0.139. The Hall–Kier alpha value is -3.84. The summed E-state index contributed by atoms with van der Waals surface area (Å²) in [5, 5.41) is 11.1. The molecule has 1 aliphatic rings. The number of ketones is 1. The predicted molar refractivity (Wildman–Crippen MR) is 141 cm³/mol. The van der Waals surface area contributed by atoms with Crippen molar-refractivity contribution in [2.75, 3.05) is 25.1 Å². The van der Waals surface area contributed by atoms with Crippen LogP contribution in [0.1, 0.15) is 40.7 Å². The summed E-state index contributed by atoms with van der Waals surface area (Å²) in [4.78, 5) is 25.5. The molecule has 3 aromatic rings. The molecule has 186 valence electrons. The number of hydrogen-bond acceptors (Lipinski definition) is 6. The lowest BCUT2D eigenvalue weighted by Gasteiger charge is -2.28. The first-order chi connectivity index (χ1) is 17.4. The molecule has 36 heavy (non-hydrogen) atoms. The van der Waals surface area contributed by atoms with E-state index in [1.807, 2.05) is 36.4 Å². The van der Waals surface area contributed by atoms with E-state index in [0.29, 0.717) is 17.1 Å². The third-order valence-corrected chi connectivity index (χ3v) is 6.41. The van der Waals surface area contributed by atoms with E-state index in [0.717, 1.165) is 29.9 Å². The summed E-state index contributed by atoms with van der Waals surface area (Å²) in [6.07, 6.45) is 7.00. The van der Waals surface area contributed by atoms with Gasteiger partial charge in [0, 0.05) is 42.0 Å². The Kier molecular flexibility index (Phi) is 8.23. The molecule has 8 heteroatoms. The second kappa shape index (κ2) is 11.7. The number of hydrogen-bond donors (Lipinski definition) is 0. The number of carbonyl (C=O) groups excluding carboxylic acids is 1. The van der Waals surface area contributed by atoms with E-state index in [2.05, 4.69) is 4.90 Å². The highest BCUT2D eigenvalue weighted by Gasteiger charge is 2.13. The zero-order chi connectivity index (χ0) is 25.5. The molecule has 1 heterocycles. The lowest BCUT2D eigenvalue weighted by molar-refractivity contribution is -0.384. The van der Waals surface area contributed by atoms with Crippen LogP contribution in [0.4, 0.5) is 11.4 Å². The van der Waals surface area contributed by atoms with Gasteiger partial charge >= 0.3 is 0 Å². The Morgan fingerprint density at radius 3 is 2.42 bits per heavy atom. The number of piperidine rings is 1. The molecule has 0 atom stereocenters. The summed E-state index contributed by atoms with van der Waals surface area (Å²) in [7, 11) is 1.56. The summed E-state index contributed by atoms with van der Waals surface area (Å²) in [5.74, 6) is 0.865. The van der Waals surface area contributed by atoms with E-state index >= 15 is 0 Å². The molecule has 0 N–H and O–H groups in total. The first kappa shape index (κ1) is 25.3. The van der Waals surface area contributed by atoms with Gasteiger partial charge in [-0.25, -0.2) is 0 Å². The van der Waals surface area contributed by atoms with E-state index < -0.39 is 4.92 Å². The number of allylic oxidation sites excluding steroid dienone is 1. The van der Waals surface area contributed by atoms with Crippen LogP contribution in [0.3, 0.4) is 0 Å². The summed E-state index contributed by atoms with van der Waals surface area (Å²) >= 11 is 6.13. The van der Waals surface area contributed by atoms with Gasteiger partial charge in [-0.2, -0.15) is 0 Å². The molecule has 0 spiro atoms. The van der Waals surface area contributed by atoms with Crippen molar-refractivity contribution in [3.8, 4) is 11.5 Å². The van der Waals surface area contributed by atoms with E-state index in [-0.39, 0.29) is 23.1 Å². The normalized spacial score (nSPS) is 13.6. The van der Waals surface area contributed by atoms with Gasteiger partial charge in [0.2, 0.25) is 0 Å². The van der Waals surface area contributed by atoms with Crippen LogP contribution in [0, 0.1) is 10.1 Å². The predicted octanol–water partition coefficient (Wildman–Crippen LogP) is 6.72. The SMILES string of the molecule is COc1ccc(/C=C/C(=O)c2ccc(N3CCCCC3)cc2)cc1COc1ccc([N+](=O)[O-])cc1Cl. The van der Waals surface area contributed by atoms with Crippen molar-refractivity contribution in [2.24, 2.45) is 0 Å². The fourth-order valence-corrected chi connectivity index (χ4v) is 4.38. The average Bonchev–Trinajstić information content (AvgIpc) is 2.91. The van der Waals surface area contributed by atoms with Gasteiger partial charge in [-0.1, -0.05) is 23.7 Å². The van der Waals surface area contributed by atoms with Crippen LogP contribution >= 0.6 is 11.6 Å². The number of nitro groups is 1. The molecule has 0 bridgehead atoms. The molecular formula is C28H27ClN2O5. The van der Waals surface area contributed by atoms with Crippen molar-refractivity contribution < 1.29 is 19.2 Å². The van der Waals surface area contributed by atoms with Crippen molar-refractivity contribution in [1.29, 1.82) is 0 Å². The van der Waals surface area contributed by atoms with Gasteiger partial charge in [0.05, 0.1) is 17.1 Å². The first-order valence-corrected chi connectivity index (χ1v) is 12.1. The largest absolute Gasteiger partial charge is 0.496 e. The number of anilines is 1. The van der Waals surface area contributed by atoms with Crippen LogP contribution in [-0.4, -0.2) is 30.9 Å². The number of methoxy groups -OCH3 is 1. The molecule has 0 amide bonds. The number of rotatable bonds is 9. The molecule has 0 aliphatic carbocycles. The van der Waals surface area contributed by atoms with Gasteiger partial charge in [-0.3, -0.25) is 14.9 Å². The van der Waals surface area contributed by atoms with Gasteiger partial charge < -0.3 is 14.4 Å². The minimum Gasteiger partial charge on any atom is -0.496 e. The lowest BCUT2D eigenvalue weighted by Crippen LogP contribution is -2.29. The fourth-order valence-electron chi connectivity index (χ4n) is 4.15. The van der Waals surface area contributed by atoms with E-state index in [4.69, 9.17) is 21.1 Å². The Bertz CT molecular complexity index is 1270. The average molecular weight is 507 g/mol. The zero-order valence-corrected chi connectivity index (χ0v) is 20.7. The summed E-state index contributed by atoms with van der Waals surface area (Å²) in [6, 6.07) is 17.3. The zero-order valence-electron chi connectivity index (χ0n) is 20.0. The van der Waals surface area contributed by atoms with Crippen molar-refractivity contribution in [3.63, 3.8) is 0 Å². The second-order valence-corrected chi connectivity index (χ2v) is 8.93.